The fraction of sp³-hybridized carbons (Fsp3) is 0.487. The molecular weight excluding hydrogens is 630 g/mol. The first-order valence-corrected chi connectivity index (χ1v) is 17.8. The summed E-state index contributed by atoms with van der Waals surface area (Å²) in [4.78, 5) is 72.0. The van der Waals surface area contributed by atoms with E-state index in [1.54, 1.807) is 22.0 Å². The van der Waals surface area contributed by atoms with Crippen LogP contribution in [0.4, 0.5) is 0 Å². The average molecular weight is 676 g/mol. The number of hydrogen-bond donors (Lipinski definition) is 0. The molecule has 3 aromatic heterocycles. The van der Waals surface area contributed by atoms with E-state index < -0.39 is 6.04 Å². The van der Waals surface area contributed by atoms with Gasteiger partial charge in [0.25, 0.3) is 0 Å². The number of carbonyl (C=O) groups excluding carboxylic acids is 4. The Labute approximate surface area is 292 Å². The van der Waals surface area contributed by atoms with Gasteiger partial charge in [0.15, 0.2) is 11.6 Å². The summed E-state index contributed by atoms with van der Waals surface area (Å²) >= 11 is 0. The van der Waals surface area contributed by atoms with Gasteiger partial charge in [-0.3, -0.25) is 28.8 Å². The van der Waals surface area contributed by atoms with Gasteiger partial charge in [0.2, 0.25) is 11.8 Å². The molecule has 1 aliphatic carbocycles. The first-order chi connectivity index (χ1) is 23.9. The molecule has 1 saturated carbocycles. The van der Waals surface area contributed by atoms with E-state index in [1.807, 2.05) is 50.9 Å². The Hall–Kier alpha value is -4.80. The number of amides is 2. The van der Waals surface area contributed by atoms with E-state index >= 15 is 0 Å². The van der Waals surface area contributed by atoms with Crippen molar-refractivity contribution < 1.29 is 19.2 Å². The Bertz CT molecular complexity index is 2020. The number of aromatic nitrogens is 5. The first-order valence-electron chi connectivity index (χ1n) is 17.8. The maximum Gasteiger partial charge on any atom is 0.245 e. The maximum absolute atomic E-state index is 14.6. The van der Waals surface area contributed by atoms with Crippen LogP contribution in [0.25, 0.3) is 22.0 Å². The summed E-state index contributed by atoms with van der Waals surface area (Å²) in [5.41, 5.74) is 5.97. The van der Waals surface area contributed by atoms with Crippen LogP contribution in [0.5, 0.6) is 0 Å². The van der Waals surface area contributed by atoms with E-state index in [9.17, 15) is 19.2 Å². The molecule has 2 amide bonds. The van der Waals surface area contributed by atoms with Gasteiger partial charge in [0.05, 0.1) is 23.7 Å². The maximum atomic E-state index is 14.6. The summed E-state index contributed by atoms with van der Waals surface area (Å²) in [6.45, 7) is 7.61. The number of benzene rings is 1. The molecule has 0 N–H and O–H groups in total. The average Bonchev–Trinajstić information content (AvgIpc) is 3.47. The van der Waals surface area contributed by atoms with Crippen LogP contribution in [-0.4, -0.2) is 83.6 Å². The van der Waals surface area contributed by atoms with Crippen molar-refractivity contribution in [1.29, 1.82) is 0 Å². The molecule has 0 radical (unpaired) electrons. The van der Waals surface area contributed by atoms with Crippen molar-refractivity contribution in [2.75, 3.05) is 13.6 Å². The van der Waals surface area contributed by atoms with Gasteiger partial charge in [-0.05, 0) is 87.8 Å². The van der Waals surface area contributed by atoms with Gasteiger partial charge >= 0.3 is 0 Å². The van der Waals surface area contributed by atoms with Crippen molar-refractivity contribution in [3.63, 3.8) is 0 Å². The highest BCUT2D eigenvalue weighted by molar-refractivity contribution is 6.07. The second-order valence-electron chi connectivity index (χ2n) is 14.7. The van der Waals surface area contributed by atoms with Gasteiger partial charge in [0, 0.05) is 67.4 Å². The van der Waals surface area contributed by atoms with Crippen LogP contribution in [-0.2, 0) is 33.8 Å². The monoisotopic (exact) mass is 675 g/mol. The third-order valence-electron chi connectivity index (χ3n) is 11.0. The van der Waals surface area contributed by atoms with Crippen LogP contribution in [0.3, 0.4) is 0 Å². The number of nitrogens with zero attached hydrogens (tertiary/aromatic N) is 7. The molecule has 1 aromatic carbocycles. The molecule has 7 rings (SSSR count). The lowest BCUT2D eigenvalue weighted by molar-refractivity contribution is -0.139. The molecule has 2 fully saturated rings. The van der Waals surface area contributed by atoms with Crippen LogP contribution < -0.4 is 0 Å². The van der Waals surface area contributed by atoms with Crippen molar-refractivity contribution in [2.45, 2.75) is 104 Å². The zero-order valence-electron chi connectivity index (χ0n) is 29.7. The lowest BCUT2D eigenvalue weighted by Gasteiger charge is -2.27. The fourth-order valence-electron chi connectivity index (χ4n) is 8.22. The molecule has 1 saturated heterocycles. The Morgan fingerprint density at radius 2 is 1.66 bits per heavy atom. The second kappa shape index (κ2) is 13.2. The third kappa shape index (κ3) is 6.33. The molecule has 3 atom stereocenters. The van der Waals surface area contributed by atoms with Crippen LogP contribution in [0.15, 0.2) is 36.7 Å². The van der Waals surface area contributed by atoms with Gasteiger partial charge in [-0.25, -0.2) is 9.97 Å². The van der Waals surface area contributed by atoms with Gasteiger partial charge in [-0.1, -0.05) is 18.9 Å². The van der Waals surface area contributed by atoms with Crippen molar-refractivity contribution >= 4 is 34.3 Å². The molecule has 11 nitrogen and oxygen atoms in total. The van der Waals surface area contributed by atoms with E-state index in [0.29, 0.717) is 42.7 Å². The Balaban J connectivity index is 1.30. The summed E-state index contributed by atoms with van der Waals surface area (Å²) in [5.74, 6) is 0.336. The second-order valence-corrected chi connectivity index (χ2v) is 14.7. The minimum Gasteiger partial charge on any atom is -0.345 e. The first kappa shape index (κ1) is 33.7. The highest BCUT2D eigenvalue weighted by Gasteiger charge is 2.67. The van der Waals surface area contributed by atoms with Crippen LogP contribution in [0, 0.1) is 26.2 Å². The molecule has 3 aliphatic rings. The zero-order valence-corrected chi connectivity index (χ0v) is 29.7. The van der Waals surface area contributed by atoms with Crippen LogP contribution >= 0.6 is 0 Å². The normalized spacial score (nSPS) is 22.8. The van der Waals surface area contributed by atoms with Gasteiger partial charge in [-0.2, -0.15) is 5.10 Å². The highest BCUT2D eigenvalue weighted by Crippen LogP contribution is 2.60. The standard InChI is InChI=1S/C39H45N7O4/c1-23-12-13-24(2)42-31(23)16-33(48)32-17-39-18-34(39)46(32)36(50)21-45-38-27(10-8-6-7-9-11-35(49)44(5)22-39)14-28(29-19-40-26(4)41-20-29)15-30(38)37(43-45)25(3)47/h12-15,19-20,32,34H,6-11,16-18,21-22H2,1-5H3/t32-,34+,39-/m0/s1. The molecule has 4 aromatic rings. The number of aryl methyl sites for hydroxylation is 4. The zero-order chi connectivity index (χ0) is 35.3. The molecule has 5 heterocycles. The predicted molar refractivity (Wildman–Crippen MR) is 188 cm³/mol. The highest BCUT2D eigenvalue weighted by atomic mass is 16.2. The fourth-order valence-corrected chi connectivity index (χ4v) is 8.22. The quantitative estimate of drug-likeness (QED) is 0.266. The number of pyridine rings is 1. The van der Waals surface area contributed by atoms with E-state index in [4.69, 9.17) is 5.10 Å². The molecule has 11 heteroatoms. The van der Waals surface area contributed by atoms with Crippen molar-refractivity contribution in [2.24, 2.45) is 5.41 Å². The number of rotatable bonds is 5. The third-order valence-corrected chi connectivity index (χ3v) is 11.0. The molecule has 2 bridgehead atoms. The summed E-state index contributed by atoms with van der Waals surface area (Å²) < 4.78 is 1.68. The number of Topliss-reactive ketones (excluding diaryl/α,β-unsaturated/α-hetero) is 2. The van der Waals surface area contributed by atoms with E-state index in [-0.39, 0.29) is 47.8 Å². The van der Waals surface area contributed by atoms with Crippen molar-refractivity contribution in [3.8, 4) is 11.1 Å². The van der Waals surface area contributed by atoms with Gasteiger partial charge < -0.3 is 9.80 Å². The summed E-state index contributed by atoms with van der Waals surface area (Å²) in [6, 6.07) is 7.17. The van der Waals surface area contributed by atoms with Crippen molar-refractivity contribution in [3.05, 3.63) is 70.7 Å². The van der Waals surface area contributed by atoms with Gasteiger partial charge in [-0.15, -0.1) is 0 Å². The topological polar surface area (TPSA) is 131 Å². The molecular formula is C39H45N7O4. The molecule has 260 valence electrons. The Morgan fingerprint density at radius 1 is 0.920 bits per heavy atom. The van der Waals surface area contributed by atoms with Crippen LogP contribution in [0.1, 0.15) is 90.7 Å². The lowest BCUT2D eigenvalue weighted by atomic mass is 9.94. The molecule has 2 aliphatic heterocycles. The predicted octanol–water partition coefficient (Wildman–Crippen LogP) is 5.15. The van der Waals surface area contributed by atoms with Gasteiger partial charge in [0.1, 0.15) is 18.1 Å². The minimum atomic E-state index is -0.632. The van der Waals surface area contributed by atoms with E-state index in [0.717, 1.165) is 71.3 Å². The summed E-state index contributed by atoms with van der Waals surface area (Å²) in [5, 5.41) is 5.47. The number of carbonyl (C=O) groups is 4. The molecule has 0 spiro atoms. The smallest absolute Gasteiger partial charge is 0.245 e. The van der Waals surface area contributed by atoms with Crippen LogP contribution in [0.2, 0.25) is 0 Å². The Kier molecular flexibility index (Phi) is 8.86. The number of hydrogen-bond acceptors (Lipinski definition) is 8. The number of ketones is 2. The SMILES string of the molecule is CC(=O)c1nn2c3c(cc(-c4cnc(C)nc4)cc13)CCCCCCC(=O)N(C)C[C@@]13C[C@@H](C(=O)Cc4nc(C)ccc4C)N(C(=O)C2)[C@@H]1C3. The molecule has 0 unspecified atom stereocenters. The summed E-state index contributed by atoms with van der Waals surface area (Å²) in [7, 11) is 1.85. The Morgan fingerprint density at radius 3 is 2.40 bits per heavy atom. The van der Waals surface area contributed by atoms with E-state index in [1.165, 1.54) is 6.92 Å². The lowest BCUT2D eigenvalue weighted by Crippen LogP contribution is -2.45. The largest absolute Gasteiger partial charge is 0.345 e. The summed E-state index contributed by atoms with van der Waals surface area (Å²) in [6.07, 6.45) is 9.69. The van der Waals surface area contributed by atoms with Crippen molar-refractivity contribution in [1.82, 2.24) is 34.5 Å². The van der Waals surface area contributed by atoms with E-state index in [2.05, 4.69) is 21.0 Å². The number of piperidine rings is 1. The molecule has 50 heavy (non-hydrogen) atoms. The minimum absolute atomic E-state index is 0.0464.